The number of hydrogen-bond acceptors (Lipinski definition) is 4. The Labute approximate surface area is 107 Å². The topological polar surface area (TPSA) is 79.5 Å². The van der Waals surface area contributed by atoms with Crippen LogP contribution in [-0.2, 0) is 0 Å². The number of amides is 1. The number of nitrogens with two attached hydrogens (primary N) is 1. The summed E-state index contributed by atoms with van der Waals surface area (Å²) in [5.74, 6) is -0.166. The summed E-state index contributed by atoms with van der Waals surface area (Å²) in [6.45, 7) is 0. The molecule has 18 heavy (non-hydrogen) atoms. The fourth-order valence-corrected chi connectivity index (χ4v) is 2.41. The van der Waals surface area contributed by atoms with Gasteiger partial charge in [0.25, 0.3) is 5.91 Å². The molecule has 5 nitrogen and oxygen atoms in total. The van der Waals surface area contributed by atoms with Crippen molar-refractivity contribution in [2.45, 2.75) is 37.8 Å². The van der Waals surface area contributed by atoms with Gasteiger partial charge in [0, 0.05) is 7.05 Å². The molecule has 1 heterocycles. The number of anilines is 1. The summed E-state index contributed by atoms with van der Waals surface area (Å²) in [7, 11) is 1.72. The van der Waals surface area contributed by atoms with Crippen LogP contribution in [0.2, 0.25) is 0 Å². The van der Waals surface area contributed by atoms with Crippen molar-refractivity contribution in [3.8, 4) is 0 Å². The van der Waals surface area contributed by atoms with Crippen LogP contribution >= 0.6 is 0 Å². The van der Waals surface area contributed by atoms with Crippen LogP contribution in [0.15, 0.2) is 18.3 Å². The summed E-state index contributed by atoms with van der Waals surface area (Å²) in [5.41, 5.74) is 6.44. The van der Waals surface area contributed by atoms with Gasteiger partial charge in [-0.2, -0.15) is 0 Å². The number of aliphatic hydroxyl groups is 1. The van der Waals surface area contributed by atoms with Crippen molar-refractivity contribution in [3.63, 3.8) is 0 Å². The Morgan fingerprint density at radius 2 is 2.17 bits per heavy atom. The fourth-order valence-electron chi connectivity index (χ4n) is 2.41. The van der Waals surface area contributed by atoms with Crippen LogP contribution in [-0.4, -0.2) is 40.1 Å². The molecule has 1 aromatic heterocycles. The Morgan fingerprint density at radius 3 is 2.78 bits per heavy atom. The highest BCUT2D eigenvalue weighted by atomic mass is 16.3. The third-order valence-electron chi connectivity index (χ3n) is 3.52. The summed E-state index contributed by atoms with van der Waals surface area (Å²) in [5, 5.41) is 9.94. The van der Waals surface area contributed by atoms with Crippen molar-refractivity contribution in [2.24, 2.45) is 0 Å². The number of carbonyl (C=O) groups excluding carboxylic acids is 1. The Bertz CT molecular complexity index is 419. The van der Waals surface area contributed by atoms with Crippen molar-refractivity contribution in [3.05, 3.63) is 24.0 Å². The van der Waals surface area contributed by atoms with E-state index in [-0.39, 0.29) is 11.9 Å². The average molecular weight is 249 g/mol. The van der Waals surface area contributed by atoms with Crippen LogP contribution in [0.3, 0.4) is 0 Å². The summed E-state index contributed by atoms with van der Waals surface area (Å²) >= 11 is 0. The highest BCUT2D eigenvalue weighted by Crippen LogP contribution is 2.23. The van der Waals surface area contributed by atoms with E-state index in [9.17, 15) is 9.90 Å². The number of aliphatic hydroxyl groups excluding tert-OH is 1. The molecule has 3 N–H and O–H groups in total. The second-order valence-corrected chi connectivity index (χ2v) is 4.81. The number of likely N-dealkylation sites (N-methyl/N-ethyl adjacent to an activating group) is 1. The SMILES string of the molecule is CN(C(=O)c1ccc(N)cn1)C1CCCCC1O. The van der Waals surface area contributed by atoms with E-state index < -0.39 is 6.10 Å². The first-order chi connectivity index (χ1) is 8.59. The van der Waals surface area contributed by atoms with Crippen LogP contribution in [0, 0.1) is 0 Å². The van der Waals surface area contributed by atoms with Gasteiger partial charge in [0.1, 0.15) is 5.69 Å². The molecule has 5 heteroatoms. The van der Waals surface area contributed by atoms with E-state index in [2.05, 4.69) is 4.98 Å². The highest BCUT2D eigenvalue weighted by molar-refractivity contribution is 5.92. The molecule has 1 aliphatic rings. The summed E-state index contributed by atoms with van der Waals surface area (Å²) in [6.07, 6.45) is 4.73. The molecule has 1 aromatic rings. The average Bonchev–Trinajstić information content (AvgIpc) is 2.38. The number of nitrogen functional groups attached to an aromatic ring is 1. The third-order valence-corrected chi connectivity index (χ3v) is 3.52. The zero-order valence-corrected chi connectivity index (χ0v) is 10.5. The van der Waals surface area contributed by atoms with Gasteiger partial charge in [-0.3, -0.25) is 4.79 Å². The summed E-state index contributed by atoms with van der Waals surface area (Å²) < 4.78 is 0. The monoisotopic (exact) mass is 249 g/mol. The molecule has 0 radical (unpaired) electrons. The third kappa shape index (κ3) is 2.61. The molecule has 98 valence electrons. The van der Waals surface area contributed by atoms with Crippen LogP contribution in [0.4, 0.5) is 5.69 Å². The van der Waals surface area contributed by atoms with E-state index in [0.717, 1.165) is 25.7 Å². The van der Waals surface area contributed by atoms with Gasteiger partial charge in [-0.1, -0.05) is 12.8 Å². The smallest absolute Gasteiger partial charge is 0.272 e. The van der Waals surface area contributed by atoms with Gasteiger partial charge in [-0.25, -0.2) is 4.98 Å². The molecule has 0 aliphatic heterocycles. The lowest BCUT2D eigenvalue weighted by Crippen LogP contribution is -2.46. The minimum atomic E-state index is -0.429. The number of hydrogen-bond donors (Lipinski definition) is 2. The molecule has 0 bridgehead atoms. The zero-order chi connectivity index (χ0) is 13.1. The molecular formula is C13H19N3O2. The maximum absolute atomic E-state index is 12.2. The number of pyridine rings is 1. The lowest BCUT2D eigenvalue weighted by Gasteiger charge is -2.35. The first-order valence-corrected chi connectivity index (χ1v) is 6.26. The van der Waals surface area contributed by atoms with Gasteiger partial charge in [0.05, 0.1) is 24.0 Å². The predicted molar refractivity (Wildman–Crippen MR) is 69.0 cm³/mol. The van der Waals surface area contributed by atoms with Crippen LogP contribution in [0.5, 0.6) is 0 Å². The lowest BCUT2D eigenvalue weighted by atomic mass is 9.91. The maximum atomic E-state index is 12.2. The first kappa shape index (κ1) is 12.8. The number of carbonyl (C=O) groups is 1. The van der Waals surface area contributed by atoms with Crippen molar-refractivity contribution in [1.82, 2.24) is 9.88 Å². The van der Waals surface area contributed by atoms with E-state index in [1.54, 1.807) is 24.1 Å². The molecule has 2 unspecified atom stereocenters. The second-order valence-electron chi connectivity index (χ2n) is 4.81. The van der Waals surface area contributed by atoms with E-state index in [0.29, 0.717) is 11.4 Å². The molecular weight excluding hydrogens is 230 g/mol. The Morgan fingerprint density at radius 1 is 1.44 bits per heavy atom. The summed E-state index contributed by atoms with van der Waals surface area (Å²) in [6, 6.07) is 3.17. The summed E-state index contributed by atoms with van der Waals surface area (Å²) in [4.78, 5) is 17.8. The highest BCUT2D eigenvalue weighted by Gasteiger charge is 2.30. The normalized spacial score (nSPS) is 23.7. The maximum Gasteiger partial charge on any atom is 0.272 e. The molecule has 0 spiro atoms. The van der Waals surface area contributed by atoms with Crippen molar-refractivity contribution in [1.29, 1.82) is 0 Å². The molecule has 0 aromatic carbocycles. The Balaban J connectivity index is 2.10. The van der Waals surface area contributed by atoms with E-state index >= 15 is 0 Å². The van der Waals surface area contributed by atoms with Gasteiger partial charge in [0.15, 0.2) is 0 Å². The van der Waals surface area contributed by atoms with Gasteiger partial charge >= 0.3 is 0 Å². The zero-order valence-electron chi connectivity index (χ0n) is 10.5. The Hall–Kier alpha value is -1.62. The molecule has 1 saturated carbocycles. The molecule has 1 fully saturated rings. The van der Waals surface area contributed by atoms with Crippen molar-refractivity contribution in [2.75, 3.05) is 12.8 Å². The minimum Gasteiger partial charge on any atom is -0.397 e. The second kappa shape index (κ2) is 5.35. The van der Waals surface area contributed by atoms with Gasteiger partial charge in [0.2, 0.25) is 0 Å². The van der Waals surface area contributed by atoms with E-state index in [4.69, 9.17) is 5.73 Å². The van der Waals surface area contributed by atoms with Gasteiger partial charge < -0.3 is 15.7 Å². The van der Waals surface area contributed by atoms with Crippen molar-refractivity contribution >= 4 is 11.6 Å². The first-order valence-electron chi connectivity index (χ1n) is 6.26. The minimum absolute atomic E-state index is 0.106. The molecule has 1 amide bonds. The molecule has 1 aliphatic carbocycles. The van der Waals surface area contributed by atoms with Gasteiger partial charge in [-0.15, -0.1) is 0 Å². The van der Waals surface area contributed by atoms with Crippen LogP contribution in [0.1, 0.15) is 36.2 Å². The number of nitrogens with zero attached hydrogens (tertiary/aromatic N) is 2. The van der Waals surface area contributed by atoms with Crippen LogP contribution < -0.4 is 5.73 Å². The molecule has 2 rings (SSSR count). The fraction of sp³-hybridized carbons (Fsp3) is 0.538. The van der Waals surface area contributed by atoms with Gasteiger partial charge in [-0.05, 0) is 25.0 Å². The number of rotatable bonds is 2. The predicted octanol–water partition coefficient (Wildman–Crippen LogP) is 1.04. The Kier molecular flexibility index (Phi) is 3.81. The largest absolute Gasteiger partial charge is 0.397 e. The lowest BCUT2D eigenvalue weighted by molar-refractivity contribution is 0.0264. The number of aromatic nitrogens is 1. The van der Waals surface area contributed by atoms with Crippen molar-refractivity contribution < 1.29 is 9.90 Å². The van der Waals surface area contributed by atoms with E-state index in [1.807, 2.05) is 0 Å². The molecule has 0 saturated heterocycles. The standard InChI is InChI=1S/C13H19N3O2/c1-16(11-4-2-3-5-12(11)17)13(18)10-7-6-9(14)8-15-10/h6-8,11-12,17H,2-5,14H2,1H3. The quantitative estimate of drug-likeness (QED) is 0.820. The molecule has 2 atom stereocenters. The van der Waals surface area contributed by atoms with E-state index in [1.165, 1.54) is 6.20 Å². The van der Waals surface area contributed by atoms with Crippen LogP contribution in [0.25, 0.3) is 0 Å².